The molecule has 1 aliphatic heterocycles. The summed E-state index contributed by atoms with van der Waals surface area (Å²) in [6, 6.07) is 6.79. The van der Waals surface area contributed by atoms with Gasteiger partial charge in [-0.3, -0.25) is 0 Å². The monoisotopic (exact) mass is 293 g/mol. The summed E-state index contributed by atoms with van der Waals surface area (Å²) in [5, 5.41) is 3.55. The van der Waals surface area contributed by atoms with Gasteiger partial charge in [0.05, 0.1) is 6.10 Å². The van der Waals surface area contributed by atoms with Gasteiger partial charge < -0.3 is 10.1 Å². The van der Waals surface area contributed by atoms with E-state index in [1.807, 2.05) is 11.8 Å². The van der Waals surface area contributed by atoms with Crippen LogP contribution in [0.5, 0.6) is 0 Å². The fourth-order valence-electron chi connectivity index (χ4n) is 2.44. The second-order valence-electron chi connectivity index (χ2n) is 6.08. The van der Waals surface area contributed by atoms with Crippen LogP contribution in [-0.2, 0) is 11.3 Å². The summed E-state index contributed by atoms with van der Waals surface area (Å²) in [5.74, 6) is 1.78. The first kappa shape index (κ1) is 15.9. The molecule has 0 radical (unpaired) electrons. The van der Waals surface area contributed by atoms with E-state index >= 15 is 0 Å². The van der Waals surface area contributed by atoms with Crippen LogP contribution in [-0.4, -0.2) is 25.0 Å². The number of thioether (sulfide) groups is 1. The highest BCUT2D eigenvalue weighted by Crippen LogP contribution is 2.27. The minimum atomic E-state index is 0.456. The molecule has 1 fully saturated rings. The number of hydrogen-bond donors (Lipinski definition) is 1. The predicted molar refractivity (Wildman–Crippen MR) is 87.4 cm³/mol. The Morgan fingerprint density at radius 3 is 2.95 bits per heavy atom. The number of nitrogens with one attached hydrogen (secondary N) is 1. The van der Waals surface area contributed by atoms with E-state index in [0.29, 0.717) is 12.0 Å². The van der Waals surface area contributed by atoms with Gasteiger partial charge in [0.1, 0.15) is 0 Å². The molecule has 1 unspecified atom stereocenters. The molecule has 3 heteroatoms. The molecule has 1 N–H and O–H groups in total. The number of rotatable bonds is 7. The van der Waals surface area contributed by atoms with Crippen molar-refractivity contribution in [2.75, 3.05) is 18.9 Å². The van der Waals surface area contributed by atoms with Gasteiger partial charge in [0.2, 0.25) is 0 Å². The van der Waals surface area contributed by atoms with Crippen molar-refractivity contribution < 1.29 is 4.74 Å². The molecule has 20 heavy (non-hydrogen) atoms. The molecule has 0 saturated carbocycles. The van der Waals surface area contributed by atoms with Gasteiger partial charge in [-0.2, -0.15) is 0 Å². The van der Waals surface area contributed by atoms with Crippen molar-refractivity contribution in [3.8, 4) is 0 Å². The topological polar surface area (TPSA) is 21.3 Å². The normalized spacial score (nSPS) is 18.9. The summed E-state index contributed by atoms with van der Waals surface area (Å²) in [6.07, 6.45) is 2.90. The standard InChI is InChI=1S/C17H27NOS/c1-13(2)10-18-11-15-9-14(3)6-7-17(15)20-12-16-5-4-8-19-16/h6-7,9,13,16,18H,4-5,8,10-12H2,1-3H3. The fourth-order valence-corrected chi connectivity index (χ4v) is 3.55. The lowest BCUT2D eigenvalue weighted by Crippen LogP contribution is -2.19. The highest BCUT2D eigenvalue weighted by atomic mass is 32.2. The Bertz CT molecular complexity index is 413. The first-order valence-corrected chi connectivity index (χ1v) is 8.68. The summed E-state index contributed by atoms with van der Waals surface area (Å²) in [4.78, 5) is 1.40. The van der Waals surface area contributed by atoms with E-state index in [-0.39, 0.29) is 0 Å². The second kappa shape index (κ2) is 8.06. The number of benzene rings is 1. The van der Waals surface area contributed by atoms with Crippen LogP contribution in [0.4, 0.5) is 0 Å². The van der Waals surface area contributed by atoms with E-state index in [2.05, 4.69) is 44.3 Å². The zero-order valence-corrected chi connectivity index (χ0v) is 13.8. The van der Waals surface area contributed by atoms with E-state index in [9.17, 15) is 0 Å². The minimum Gasteiger partial charge on any atom is -0.377 e. The van der Waals surface area contributed by atoms with E-state index in [4.69, 9.17) is 4.74 Å². The van der Waals surface area contributed by atoms with Crippen LogP contribution in [0.1, 0.15) is 37.8 Å². The van der Waals surface area contributed by atoms with Gasteiger partial charge in [-0.25, -0.2) is 0 Å². The molecule has 2 rings (SSSR count). The predicted octanol–water partition coefficient (Wildman–Crippen LogP) is 4.01. The zero-order valence-electron chi connectivity index (χ0n) is 12.9. The highest BCUT2D eigenvalue weighted by molar-refractivity contribution is 7.99. The average molecular weight is 293 g/mol. The lowest BCUT2D eigenvalue weighted by Gasteiger charge is -2.14. The Balaban J connectivity index is 1.91. The molecule has 1 aliphatic rings. The number of aryl methyl sites for hydroxylation is 1. The summed E-state index contributed by atoms with van der Waals surface area (Å²) in [6.45, 7) is 9.65. The molecule has 1 saturated heterocycles. The molecular weight excluding hydrogens is 266 g/mol. The van der Waals surface area contributed by atoms with Crippen molar-refractivity contribution in [1.82, 2.24) is 5.32 Å². The molecule has 2 nitrogen and oxygen atoms in total. The van der Waals surface area contributed by atoms with Crippen molar-refractivity contribution >= 4 is 11.8 Å². The van der Waals surface area contributed by atoms with Gasteiger partial charge in [0, 0.05) is 23.8 Å². The Morgan fingerprint density at radius 1 is 1.40 bits per heavy atom. The van der Waals surface area contributed by atoms with Crippen molar-refractivity contribution in [2.45, 2.75) is 51.2 Å². The van der Waals surface area contributed by atoms with E-state index in [1.165, 1.54) is 28.9 Å². The van der Waals surface area contributed by atoms with Crippen molar-refractivity contribution in [2.24, 2.45) is 5.92 Å². The van der Waals surface area contributed by atoms with E-state index in [1.54, 1.807) is 0 Å². The first-order chi connectivity index (χ1) is 9.65. The molecule has 0 aromatic heterocycles. The maximum atomic E-state index is 5.71. The molecule has 0 spiro atoms. The van der Waals surface area contributed by atoms with Gasteiger partial charge in [-0.05, 0) is 43.9 Å². The molecule has 0 aliphatic carbocycles. The summed E-state index contributed by atoms with van der Waals surface area (Å²) in [7, 11) is 0. The van der Waals surface area contributed by atoms with Crippen molar-refractivity contribution in [1.29, 1.82) is 0 Å². The third kappa shape index (κ3) is 5.12. The Hall–Kier alpha value is -0.510. The Labute approximate surface area is 127 Å². The molecular formula is C17H27NOS. The van der Waals surface area contributed by atoms with Crippen LogP contribution in [0.2, 0.25) is 0 Å². The maximum absolute atomic E-state index is 5.71. The Kier molecular flexibility index (Phi) is 6.40. The zero-order chi connectivity index (χ0) is 14.4. The molecule has 1 atom stereocenters. The molecule has 112 valence electrons. The van der Waals surface area contributed by atoms with Gasteiger partial charge in [0.15, 0.2) is 0 Å². The van der Waals surface area contributed by atoms with Crippen LogP contribution in [0.15, 0.2) is 23.1 Å². The Morgan fingerprint density at radius 2 is 2.25 bits per heavy atom. The SMILES string of the molecule is Cc1ccc(SCC2CCCO2)c(CNCC(C)C)c1. The third-order valence-electron chi connectivity index (χ3n) is 3.53. The quantitative estimate of drug-likeness (QED) is 0.767. The van der Waals surface area contributed by atoms with Crippen molar-refractivity contribution in [3.05, 3.63) is 29.3 Å². The summed E-state index contributed by atoms with van der Waals surface area (Å²) >= 11 is 1.95. The van der Waals surface area contributed by atoms with Crippen LogP contribution in [0.3, 0.4) is 0 Å². The largest absolute Gasteiger partial charge is 0.377 e. The second-order valence-corrected chi connectivity index (χ2v) is 7.14. The summed E-state index contributed by atoms with van der Waals surface area (Å²) < 4.78 is 5.71. The summed E-state index contributed by atoms with van der Waals surface area (Å²) in [5.41, 5.74) is 2.77. The van der Waals surface area contributed by atoms with Gasteiger partial charge >= 0.3 is 0 Å². The number of ether oxygens (including phenoxy) is 1. The molecule has 1 heterocycles. The minimum absolute atomic E-state index is 0.456. The highest BCUT2D eigenvalue weighted by Gasteiger charge is 2.16. The molecule has 1 aromatic rings. The third-order valence-corrected chi connectivity index (χ3v) is 4.78. The lowest BCUT2D eigenvalue weighted by molar-refractivity contribution is 0.129. The van der Waals surface area contributed by atoms with Crippen LogP contribution in [0.25, 0.3) is 0 Å². The molecule has 0 amide bonds. The van der Waals surface area contributed by atoms with Gasteiger partial charge in [-0.1, -0.05) is 31.5 Å². The van der Waals surface area contributed by atoms with Crippen LogP contribution in [0, 0.1) is 12.8 Å². The number of hydrogen-bond acceptors (Lipinski definition) is 3. The van der Waals surface area contributed by atoms with E-state index in [0.717, 1.165) is 25.4 Å². The first-order valence-electron chi connectivity index (χ1n) is 7.70. The van der Waals surface area contributed by atoms with Gasteiger partial charge in [0.25, 0.3) is 0 Å². The average Bonchev–Trinajstić information content (AvgIpc) is 2.90. The maximum Gasteiger partial charge on any atom is 0.0669 e. The van der Waals surface area contributed by atoms with E-state index < -0.39 is 0 Å². The lowest BCUT2D eigenvalue weighted by atomic mass is 10.1. The molecule has 0 bridgehead atoms. The van der Waals surface area contributed by atoms with Crippen LogP contribution < -0.4 is 5.32 Å². The van der Waals surface area contributed by atoms with Crippen LogP contribution >= 0.6 is 11.8 Å². The van der Waals surface area contributed by atoms with Gasteiger partial charge in [-0.15, -0.1) is 11.8 Å². The smallest absolute Gasteiger partial charge is 0.0669 e. The van der Waals surface area contributed by atoms with Crippen molar-refractivity contribution in [3.63, 3.8) is 0 Å². The molecule has 1 aromatic carbocycles. The fraction of sp³-hybridized carbons (Fsp3) is 0.647.